The van der Waals surface area contributed by atoms with Crippen LogP contribution in [0.5, 0.6) is 0 Å². The van der Waals surface area contributed by atoms with E-state index in [1.807, 2.05) is 5.32 Å². The average Bonchev–Trinajstić information content (AvgIpc) is 2.88. The number of likely N-dealkylation sites (N-methyl/N-ethyl adjacent to an activating group) is 1. The van der Waals surface area contributed by atoms with E-state index in [0.717, 1.165) is 6.42 Å². The van der Waals surface area contributed by atoms with Crippen molar-refractivity contribution in [3.8, 4) is 0 Å². The number of β-lactam (4-membered cyclic amide) rings is 1. The van der Waals surface area contributed by atoms with Crippen molar-refractivity contribution in [1.29, 1.82) is 0 Å². The molecule has 1 saturated heterocycles. The molecule has 0 spiro atoms. The third-order valence-electron chi connectivity index (χ3n) is 7.12. The number of imide groups is 1. The molecule has 1 saturated carbocycles. The number of aromatic nitrogens is 2. The van der Waals surface area contributed by atoms with E-state index in [0.29, 0.717) is 41.8 Å². The molecule has 12 heteroatoms. The van der Waals surface area contributed by atoms with Gasteiger partial charge in [0.15, 0.2) is 0 Å². The SMILES string of the molecule is CN(C(=O)[C@@H]1C(Cc2ccnc(N)c2)C(=O)N1C(=O)N[C@@H](C1CCCCC1)C(F)(F)F)c1ccncc1. The summed E-state index contributed by atoms with van der Waals surface area (Å²) in [5.74, 6) is -2.84. The maximum atomic E-state index is 13.9. The topological polar surface area (TPSA) is 122 Å². The number of urea groups is 1. The molecule has 2 aromatic heterocycles. The van der Waals surface area contributed by atoms with Gasteiger partial charge in [0.2, 0.25) is 5.91 Å². The quantitative estimate of drug-likeness (QED) is 0.566. The molecule has 198 valence electrons. The minimum atomic E-state index is -4.69. The fraction of sp³-hybridized carbons (Fsp3) is 0.480. The first-order chi connectivity index (χ1) is 17.6. The minimum Gasteiger partial charge on any atom is -0.384 e. The molecule has 3 heterocycles. The molecule has 9 nitrogen and oxygen atoms in total. The van der Waals surface area contributed by atoms with Crippen LogP contribution in [0, 0.1) is 11.8 Å². The summed E-state index contributed by atoms with van der Waals surface area (Å²) >= 11 is 0. The second kappa shape index (κ2) is 10.7. The van der Waals surface area contributed by atoms with Crippen LogP contribution in [0.4, 0.5) is 29.5 Å². The summed E-state index contributed by atoms with van der Waals surface area (Å²) in [6.07, 6.45) is 2.59. The first-order valence-corrected chi connectivity index (χ1v) is 12.2. The Hall–Kier alpha value is -3.70. The second-order valence-corrected chi connectivity index (χ2v) is 9.52. The Kier molecular flexibility index (Phi) is 7.65. The number of anilines is 2. The number of nitrogen functional groups attached to an aromatic ring is 1. The predicted molar refractivity (Wildman–Crippen MR) is 129 cm³/mol. The lowest BCUT2D eigenvalue weighted by Crippen LogP contribution is -2.71. The Morgan fingerprint density at radius 1 is 1.16 bits per heavy atom. The molecular formula is C25H29F3N6O3. The Morgan fingerprint density at radius 3 is 2.46 bits per heavy atom. The zero-order valence-corrected chi connectivity index (χ0v) is 20.3. The van der Waals surface area contributed by atoms with Crippen LogP contribution in [0.3, 0.4) is 0 Å². The fourth-order valence-electron chi connectivity index (χ4n) is 5.16. The van der Waals surface area contributed by atoms with E-state index in [1.165, 1.54) is 30.5 Å². The number of halogens is 3. The maximum Gasteiger partial charge on any atom is 0.408 e. The van der Waals surface area contributed by atoms with Crippen molar-refractivity contribution < 1.29 is 27.6 Å². The molecule has 2 fully saturated rings. The summed E-state index contributed by atoms with van der Waals surface area (Å²) in [4.78, 5) is 49.5. The van der Waals surface area contributed by atoms with Crippen LogP contribution in [0.2, 0.25) is 0 Å². The Labute approximate surface area is 212 Å². The summed E-state index contributed by atoms with van der Waals surface area (Å²) in [5.41, 5.74) is 6.81. The van der Waals surface area contributed by atoms with Crippen molar-refractivity contribution >= 4 is 29.4 Å². The van der Waals surface area contributed by atoms with Gasteiger partial charge in [-0.1, -0.05) is 19.3 Å². The third-order valence-corrected chi connectivity index (χ3v) is 7.12. The number of amides is 4. The van der Waals surface area contributed by atoms with Gasteiger partial charge in [0.1, 0.15) is 17.9 Å². The van der Waals surface area contributed by atoms with Crippen molar-refractivity contribution in [2.75, 3.05) is 17.7 Å². The number of likely N-dealkylation sites (tertiary alicyclic amines) is 1. The van der Waals surface area contributed by atoms with Crippen LogP contribution in [0.25, 0.3) is 0 Å². The molecule has 4 rings (SSSR count). The fourth-order valence-corrected chi connectivity index (χ4v) is 5.16. The smallest absolute Gasteiger partial charge is 0.384 e. The summed E-state index contributed by atoms with van der Waals surface area (Å²) < 4.78 is 41.8. The van der Waals surface area contributed by atoms with E-state index in [9.17, 15) is 27.6 Å². The Balaban J connectivity index is 1.60. The number of carbonyl (C=O) groups excluding carboxylic acids is 3. The van der Waals surface area contributed by atoms with Crippen molar-refractivity contribution in [2.24, 2.45) is 11.8 Å². The Morgan fingerprint density at radius 2 is 1.84 bits per heavy atom. The highest BCUT2D eigenvalue weighted by molar-refractivity contribution is 6.12. The van der Waals surface area contributed by atoms with Gasteiger partial charge in [-0.3, -0.25) is 19.5 Å². The molecule has 2 aliphatic rings. The zero-order valence-electron chi connectivity index (χ0n) is 20.3. The van der Waals surface area contributed by atoms with Gasteiger partial charge in [-0.05, 0) is 55.0 Å². The maximum absolute atomic E-state index is 13.9. The van der Waals surface area contributed by atoms with Gasteiger partial charge in [0.25, 0.3) is 5.91 Å². The number of hydrogen-bond donors (Lipinski definition) is 2. The van der Waals surface area contributed by atoms with E-state index in [1.54, 1.807) is 24.3 Å². The molecule has 2 aromatic rings. The van der Waals surface area contributed by atoms with E-state index < -0.39 is 47.9 Å². The molecule has 3 N–H and O–H groups in total. The van der Waals surface area contributed by atoms with Crippen molar-refractivity contribution in [1.82, 2.24) is 20.2 Å². The summed E-state index contributed by atoms with van der Waals surface area (Å²) in [6.45, 7) is 0. The predicted octanol–water partition coefficient (Wildman–Crippen LogP) is 3.31. The van der Waals surface area contributed by atoms with Crippen LogP contribution in [-0.2, 0) is 16.0 Å². The van der Waals surface area contributed by atoms with E-state index >= 15 is 0 Å². The number of hydrogen-bond acceptors (Lipinski definition) is 6. The molecule has 0 radical (unpaired) electrons. The van der Waals surface area contributed by atoms with Gasteiger partial charge in [-0.25, -0.2) is 9.78 Å². The highest BCUT2D eigenvalue weighted by Crippen LogP contribution is 2.37. The van der Waals surface area contributed by atoms with Crippen molar-refractivity contribution in [3.05, 3.63) is 48.4 Å². The molecule has 1 aliphatic carbocycles. The molecule has 37 heavy (non-hydrogen) atoms. The Bertz CT molecular complexity index is 1140. The average molecular weight is 519 g/mol. The molecular weight excluding hydrogens is 489 g/mol. The van der Waals surface area contributed by atoms with Crippen LogP contribution in [-0.4, -0.2) is 58.0 Å². The highest BCUT2D eigenvalue weighted by Gasteiger charge is 2.56. The lowest BCUT2D eigenvalue weighted by atomic mass is 9.81. The number of carbonyl (C=O) groups is 3. The van der Waals surface area contributed by atoms with Crippen LogP contribution in [0.15, 0.2) is 42.9 Å². The number of nitrogens with zero attached hydrogens (tertiary/aromatic N) is 4. The lowest BCUT2D eigenvalue weighted by Gasteiger charge is -2.46. The van der Waals surface area contributed by atoms with Gasteiger partial charge in [0, 0.05) is 31.3 Å². The van der Waals surface area contributed by atoms with E-state index in [-0.39, 0.29) is 12.2 Å². The lowest BCUT2D eigenvalue weighted by molar-refractivity contribution is -0.170. The summed E-state index contributed by atoms with van der Waals surface area (Å²) in [5, 5.41) is 2.05. The summed E-state index contributed by atoms with van der Waals surface area (Å²) in [6, 6.07) is 1.72. The monoisotopic (exact) mass is 518 g/mol. The first-order valence-electron chi connectivity index (χ1n) is 12.2. The second-order valence-electron chi connectivity index (χ2n) is 9.52. The van der Waals surface area contributed by atoms with Gasteiger partial charge in [-0.15, -0.1) is 0 Å². The standard InChI is InChI=1S/C25H29F3N6O3/c1-33(17-8-10-30-11-9-17)23(36)20-18(13-15-7-12-31-19(29)14-15)22(35)34(20)24(37)32-21(25(26,27)28)16-5-3-2-4-6-16/h7-12,14,16,18,20-21H,2-6,13H2,1H3,(H2,29,31)(H,32,37)/t18?,20-,21-/m0/s1. The van der Waals surface area contributed by atoms with Crippen LogP contribution >= 0.6 is 0 Å². The van der Waals surface area contributed by atoms with Gasteiger partial charge in [0.05, 0.1) is 5.92 Å². The number of rotatable bonds is 6. The largest absolute Gasteiger partial charge is 0.408 e. The van der Waals surface area contributed by atoms with Gasteiger partial charge in [-0.2, -0.15) is 13.2 Å². The van der Waals surface area contributed by atoms with E-state index in [2.05, 4.69) is 9.97 Å². The number of alkyl halides is 3. The number of pyridine rings is 2. The molecule has 1 unspecified atom stereocenters. The van der Waals surface area contributed by atoms with Crippen molar-refractivity contribution in [3.63, 3.8) is 0 Å². The van der Waals surface area contributed by atoms with E-state index in [4.69, 9.17) is 5.73 Å². The molecule has 0 aromatic carbocycles. The third kappa shape index (κ3) is 5.67. The van der Waals surface area contributed by atoms with Crippen LogP contribution in [0.1, 0.15) is 37.7 Å². The number of nitrogens with one attached hydrogen (secondary N) is 1. The summed E-state index contributed by atoms with van der Waals surface area (Å²) in [7, 11) is 1.47. The van der Waals surface area contributed by atoms with Crippen LogP contribution < -0.4 is 16.0 Å². The van der Waals surface area contributed by atoms with Gasteiger partial charge < -0.3 is 16.0 Å². The highest BCUT2D eigenvalue weighted by atomic mass is 19.4. The zero-order chi connectivity index (χ0) is 26.7. The molecule has 1 aliphatic heterocycles. The van der Waals surface area contributed by atoms with Crippen molar-refractivity contribution in [2.45, 2.75) is 56.8 Å². The molecule has 4 amide bonds. The normalized spacial score (nSPS) is 21.2. The molecule has 3 atom stereocenters. The first kappa shape index (κ1) is 26.4. The number of nitrogens with two attached hydrogens (primary N) is 1. The molecule has 0 bridgehead atoms. The van der Waals surface area contributed by atoms with Gasteiger partial charge >= 0.3 is 12.2 Å². The minimum absolute atomic E-state index is 0.0707.